The highest BCUT2D eigenvalue weighted by atomic mass is 35.5. The van der Waals surface area contributed by atoms with Crippen LogP contribution in [0.4, 0.5) is 5.69 Å². The quantitative estimate of drug-likeness (QED) is 0.259. The summed E-state index contributed by atoms with van der Waals surface area (Å²) >= 11 is 19.5. The van der Waals surface area contributed by atoms with Gasteiger partial charge >= 0.3 is 0 Å². The van der Waals surface area contributed by atoms with Crippen LogP contribution in [0.25, 0.3) is 0 Å². The minimum absolute atomic E-state index is 0.123. The highest BCUT2D eigenvalue weighted by molar-refractivity contribution is 7.99. The lowest BCUT2D eigenvalue weighted by atomic mass is 10.2. The number of allylic oxidation sites excluding steroid dienone is 1. The first-order valence-corrected chi connectivity index (χ1v) is 11.7. The first kappa shape index (κ1) is 24.5. The number of thioether (sulfide) groups is 1. The Bertz CT molecular complexity index is 1120. The molecule has 0 saturated heterocycles. The highest BCUT2D eigenvalue weighted by Crippen LogP contribution is 2.31. The zero-order valence-electron chi connectivity index (χ0n) is 17.4. The second-order valence-electron chi connectivity index (χ2n) is 6.93. The van der Waals surface area contributed by atoms with Gasteiger partial charge in [0.2, 0.25) is 5.91 Å². The number of nitrogens with one attached hydrogen (secondary N) is 1. The molecule has 10 heteroatoms. The molecule has 32 heavy (non-hydrogen) atoms. The predicted octanol–water partition coefficient (Wildman–Crippen LogP) is 6.60. The average molecular weight is 512 g/mol. The van der Waals surface area contributed by atoms with E-state index in [1.165, 1.54) is 11.8 Å². The van der Waals surface area contributed by atoms with Crippen molar-refractivity contribution in [1.29, 1.82) is 0 Å². The van der Waals surface area contributed by atoms with E-state index >= 15 is 0 Å². The number of rotatable bonds is 9. The number of anilines is 1. The van der Waals surface area contributed by atoms with Crippen LogP contribution >= 0.6 is 46.6 Å². The molecule has 1 unspecified atom stereocenters. The van der Waals surface area contributed by atoms with E-state index in [1.807, 2.05) is 30.5 Å². The van der Waals surface area contributed by atoms with Gasteiger partial charge < -0.3 is 10.1 Å². The van der Waals surface area contributed by atoms with Crippen molar-refractivity contribution in [1.82, 2.24) is 14.8 Å². The van der Waals surface area contributed by atoms with Gasteiger partial charge in [-0.1, -0.05) is 58.7 Å². The Morgan fingerprint density at radius 1 is 1.22 bits per heavy atom. The van der Waals surface area contributed by atoms with Crippen LogP contribution in [0, 0.1) is 6.92 Å². The van der Waals surface area contributed by atoms with Gasteiger partial charge in [0.25, 0.3) is 0 Å². The van der Waals surface area contributed by atoms with E-state index in [1.54, 1.807) is 30.3 Å². The maximum atomic E-state index is 12.4. The molecule has 1 aromatic heterocycles. The molecular formula is C22H21Cl3N4O2S. The highest BCUT2D eigenvalue weighted by Gasteiger charge is 2.20. The number of aryl methyl sites for hydroxylation is 1. The molecular weight excluding hydrogens is 491 g/mol. The van der Waals surface area contributed by atoms with Gasteiger partial charge in [-0.15, -0.1) is 16.8 Å². The zero-order valence-corrected chi connectivity index (χ0v) is 20.5. The van der Waals surface area contributed by atoms with Gasteiger partial charge in [-0.2, -0.15) is 0 Å². The molecule has 1 heterocycles. The predicted molar refractivity (Wildman–Crippen MR) is 131 cm³/mol. The average Bonchev–Trinajstić information content (AvgIpc) is 3.11. The lowest BCUT2D eigenvalue weighted by molar-refractivity contribution is -0.113. The summed E-state index contributed by atoms with van der Waals surface area (Å²) in [6.07, 6.45) is 1.32. The van der Waals surface area contributed by atoms with E-state index < -0.39 is 6.10 Å². The number of hydrogen-bond acceptors (Lipinski definition) is 5. The normalized spacial score (nSPS) is 11.8. The van der Waals surface area contributed by atoms with Crippen molar-refractivity contribution >= 4 is 58.2 Å². The van der Waals surface area contributed by atoms with Gasteiger partial charge in [0, 0.05) is 22.3 Å². The number of benzene rings is 2. The topological polar surface area (TPSA) is 69.0 Å². The Morgan fingerprint density at radius 2 is 1.94 bits per heavy atom. The van der Waals surface area contributed by atoms with Gasteiger partial charge in [-0.25, -0.2) is 0 Å². The number of carbonyl (C=O) groups is 1. The van der Waals surface area contributed by atoms with Crippen LogP contribution in [0.1, 0.15) is 24.4 Å². The summed E-state index contributed by atoms with van der Waals surface area (Å²) in [5.74, 6) is 1.07. The van der Waals surface area contributed by atoms with Crippen molar-refractivity contribution < 1.29 is 9.53 Å². The molecule has 0 aliphatic carbocycles. The second kappa shape index (κ2) is 11.1. The summed E-state index contributed by atoms with van der Waals surface area (Å²) in [6.45, 7) is 8.10. The summed E-state index contributed by atoms with van der Waals surface area (Å²) in [6, 6.07) is 10.4. The van der Waals surface area contributed by atoms with Crippen molar-refractivity contribution in [3.05, 3.63) is 75.5 Å². The fourth-order valence-corrected chi connectivity index (χ4v) is 4.35. The Morgan fingerprint density at radius 3 is 2.62 bits per heavy atom. The van der Waals surface area contributed by atoms with E-state index in [9.17, 15) is 4.79 Å². The van der Waals surface area contributed by atoms with Crippen LogP contribution in [0.2, 0.25) is 15.1 Å². The summed E-state index contributed by atoms with van der Waals surface area (Å²) < 4.78 is 7.89. The zero-order chi connectivity index (χ0) is 23.3. The molecule has 0 bridgehead atoms. The van der Waals surface area contributed by atoms with E-state index in [2.05, 4.69) is 22.1 Å². The Hall–Kier alpha value is -2.19. The third kappa shape index (κ3) is 6.42. The minimum Gasteiger partial charge on any atom is -0.481 e. The number of aromatic nitrogens is 3. The number of nitrogens with zero attached hydrogens (tertiary/aromatic N) is 3. The van der Waals surface area contributed by atoms with E-state index in [4.69, 9.17) is 39.5 Å². The van der Waals surface area contributed by atoms with Crippen LogP contribution in [0.3, 0.4) is 0 Å². The van der Waals surface area contributed by atoms with Gasteiger partial charge in [0.05, 0.1) is 10.8 Å². The number of carbonyl (C=O) groups excluding carboxylic acids is 1. The number of ether oxygens (including phenoxy) is 1. The molecule has 3 rings (SSSR count). The molecule has 0 aliphatic rings. The minimum atomic E-state index is -0.418. The molecule has 6 nitrogen and oxygen atoms in total. The van der Waals surface area contributed by atoms with Crippen LogP contribution in [-0.2, 0) is 11.3 Å². The fraction of sp³-hybridized carbons (Fsp3) is 0.227. The first-order valence-electron chi connectivity index (χ1n) is 9.62. The number of amides is 1. The first-order chi connectivity index (χ1) is 15.3. The van der Waals surface area contributed by atoms with Gasteiger partial charge in [0.1, 0.15) is 5.75 Å². The molecule has 1 atom stereocenters. The molecule has 0 spiro atoms. The third-order valence-electron chi connectivity index (χ3n) is 4.29. The SMILES string of the molecule is C=CCn1c(SCC(=O)Nc2cc(Cl)cc(Cl)c2)nnc1C(C)Oc1cc(C)ccc1Cl. The van der Waals surface area contributed by atoms with E-state index in [0.29, 0.717) is 44.0 Å². The van der Waals surface area contributed by atoms with Crippen molar-refractivity contribution in [2.24, 2.45) is 0 Å². The van der Waals surface area contributed by atoms with Crippen LogP contribution in [0.5, 0.6) is 5.75 Å². The van der Waals surface area contributed by atoms with Crippen molar-refractivity contribution in [2.75, 3.05) is 11.1 Å². The smallest absolute Gasteiger partial charge is 0.234 e. The molecule has 168 valence electrons. The Balaban J connectivity index is 1.70. The molecule has 0 aliphatic heterocycles. The van der Waals surface area contributed by atoms with Gasteiger partial charge in [0.15, 0.2) is 17.1 Å². The maximum Gasteiger partial charge on any atom is 0.234 e. The molecule has 2 aromatic carbocycles. The molecule has 3 aromatic rings. The van der Waals surface area contributed by atoms with Crippen molar-refractivity contribution in [3.63, 3.8) is 0 Å². The Labute approximate surface area is 205 Å². The summed E-state index contributed by atoms with van der Waals surface area (Å²) in [7, 11) is 0. The molecule has 1 N–H and O–H groups in total. The van der Waals surface area contributed by atoms with E-state index in [-0.39, 0.29) is 11.7 Å². The second-order valence-corrected chi connectivity index (χ2v) is 9.15. The fourth-order valence-electron chi connectivity index (χ4n) is 2.91. The van der Waals surface area contributed by atoms with Crippen LogP contribution in [0.15, 0.2) is 54.2 Å². The van der Waals surface area contributed by atoms with Crippen LogP contribution < -0.4 is 10.1 Å². The maximum absolute atomic E-state index is 12.4. The largest absolute Gasteiger partial charge is 0.481 e. The molecule has 0 radical (unpaired) electrons. The van der Waals surface area contributed by atoms with Crippen molar-refractivity contribution in [3.8, 4) is 5.75 Å². The van der Waals surface area contributed by atoms with Gasteiger partial charge in [-0.05, 0) is 49.7 Å². The summed E-state index contributed by atoms with van der Waals surface area (Å²) in [5.41, 5.74) is 1.56. The van der Waals surface area contributed by atoms with Crippen LogP contribution in [-0.4, -0.2) is 26.4 Å². The summed E-state index contributed by atoms with van der Waals surface area (Å²) in [5, 5.41) is 13.3. The lowest BCUT2D eigenvalue weighted by Crippen LogP contribution is -2.15. The van der Waals surface area contributed by atoms with Gasteiger partial charge in [-0.3, -0.25) is 9.36 Å². The molecule has 0 fully saturated rings. The van der Waals surface area contributed by atoms with Crippen molar-refractivity contribution in [2.45, 2.75) is 31.7 Å². The lowest BCUT2D eigenvalue weighted by Gasteiger charge is -2.17. The number of halogens is 3. The standard InChI is InChI=1S/C22H21Cl3N4O2S/c1-4-7-29-21(14(3)31-19-8-13(2)5-6-18(19)25)27-28-22(29)32-12-20(30)26-17-10-15(23)9-16(24)11-17/h4-6,8-11,14H,1,7,12H2,2-3H3,(H,26,30). The molecule has 1 amide bonds. The monoisotopic (exact) mass is 510 g/mol. The Kier molecular flexibility index (Phi) is 8.48. The third-order valence-corrected chi connectivity index (χ3v) is 6.01. The summed E-state index contributed by atoms with van der Waals surface area (Å²) in [4.78, 5) is 12.4. The number of hydrogen-bond donors (Lipinski definition) is 1. The van der Waals surface area contributed by atoms with E-state index in [0.717, 1.165) is 5.56 Å². The molecule has 0 saturated carbocycles.